The fourth-order valence-electron chi connectivity index (χ4n) is 4.85. The van der Waals surface area contributed by atoms with Crippen molar-refractivity contribution in [2.24, 2.45) is 11.3 Å². The Morgan fingerprint density at radius 1 is 1.34 bits per heavy atom. The molecule has 3 rings (SSSR count). The number of nitrogens with zero attached hydrogens (tertiary/aromatic N) is 3. The Bertz CT molecular complexity index is 1330. The van der Waals surface area contributed by atoms with E-state index in [4.69, 9.17) is 4.74 Å². The molecule has 0 unspecified atom stereocenters. The molecular weight excluding hydrogens is 518 g/mol. The van der Waals surface area contributed by atoms with Gasteiger partial charge < -0.3 is 15.2 Å². The fourth-order valence-corrected chi connectivity index (χ4v) is 5.96. The lowest BCUT2D eigenvalue weighted by Gasteiger charge is -2.32. The van der Waals surface area contributed by atoms with E-state index in [-0.39, 0.29) is 52.9 Å². The molecule has 1 fully saturated rings. The monoisotopic (exact) mass is 552 g/mol. The zero-order valence-corrected chi connectivity index (χ0v) is 23.0. The SMILES string of the molecule is Cc1nc(C(=O)NC[C@H]2CC[C@H](S(C)(=O)=O)C[C@@H]2O)c(C#N)n1-c1ccc(CC(C)(C)C)cc1OC(F)F. The number of ether oxygens (including phenoxy) is 1. The van der Waals surface area contributed by atoms with Gasteiger partial charge in [-0.25, -0.2) is 13.4 Å². The van der Waals surface area contributed by atoms with Crippen LogP contribution in [-0.2, 0) is 16.3 Å². The van der Waals surface area contributed by atoms with Crippen molar-refractivity contribution in [3.05, 3.63) is 41.0 Å². The van der Waals surface area contributed by atoms with Crippen molar-refractivity contribution in [2.75, 3.05) is 12.8 Å². The Morgan fingerprint density at radius 2 is 2.03 bits per heavy atom. The number of halogens is 2. The maximum atomic E-state index is 13.3. The Balaban J connectivity index is 1.86. The predicted molar refractivity (Wildman–Crippen MR) is 137 cm³/mol. The number of nitrogens with one attached hydrogen (secondary N) is 1. The Hall–Kier alpha value is -3.04. The van der Waals surface area contributed by atoms with E-state index in [0.717, 1.165) is 11.8 Å². The van der Waals surface area contributed by atoms with Crippen LogP contribution in [0.25, 0.3) is 5.69 Å². The second kappa shape index (κ2) is 11.4. The van der Waals surface area contributed by atoms with E-state index in [1.165, 1.54) is 10.6 Å². The Kier molecular flexibility index (Phi) is 8.83. The largest absolute Gasteiger partial charge is 0.433 e. The van der Waals surface area contributed by atoms with Crippen molar-refractivity contribution in [1.82, 2.24) is 14.9 Å². The van der Waals surface area contributed by atoms with Gasteiger partial charge in [0.15, 0.2) is 11.4 Å². The van der Waals surface area contributed by atoms with Crippen LogP contribution < -0.4 is 10.1 Å². The molecule has 12 heteroatoms. The van der Waals surface area contributed by atoms with Crippen LogP contribution in [0.1, 0.15) is 67.6 Å². The minimum Gasteiger partial charge on any atom is -0.433 e. The summed E-state index contributed by atoms with van der Waals surface area (Å²) in [7, 11) is -3.27. The van der Waals surface area contributed by atoms with Crippen molar-refractivity contribution >= 4 is 15.7 Å². The van der Waals surface area contributed by atoms with Gasteiger partial charge in [-0.2, -0.15) is 14.0 Å². The van der Waals surface area contributed by atoms with Crippen LogP contribution in [0, 0.1) is 29.6 Å². The predicted octanol–water partition coefficient (Wildman–Crippen LogP) is 3.55. The number of carbonyl (C=O) groups excluding carboxylic acids is 1. The number of carbonyl (C=O) groups is 1. The standard InChI is InChI=1S/C26H34F2N4O5S/c1-15-31-23(24(34)30-14-17-7-8-18(11-21(17)33)38(5,35)36)20(13-29)32(15)19-9-6-16(12-26(2,3)4)10-22(19)37-25(27)28/h6,9-10,17-18,21,25,33H,7-8,11-12,14H2,1-5H3,(H,30,34)/t17-,18+,21+/m1/s1. The number of aryl methyl sites for hydroxylation is 1. The molecule has 0 radical (unpaired) electrons. The Morgan fingerprint density at radius 3 is 2.58 bits per heavy atom. The first kappa shape index (κ1) is 29.5. The quantitative estimate of drug-likeness (QED) is 0.512. The molecule has 2 aromatic rings. The van der Waals surface area contributed by atoms with Crippen molar-refractivity contribution in [3.8, 4) is 17.5 Å². The van der Waals surface area contributed by atoms with Gasteiger partial charge in [0.1, 0.15) is 27.5 Å². The number of imidazole rings is 1. The van der Waals surface area contributed by atoms with Gasteiger partial charge in [-0.1, -0.05) is 26.8 Å². The maximum absolute atomic E-state index is 13.3. The molecule has 1 amide bonds. The molecule has 3 atom stereocenters. The van der Waals surface area contributed by atoms with Gasteiger partial charge in [-0.15, -0.1) is 0 Å². The molecule has 1 heterocycles. The third kappa shape index (κ3) is 7.08. The number of hydrogen-bond acceptors (Lipinski definition) is 7. The highest BCUT2D eigenvalue weighted by molar-refractivity contribution is 7.91. The van der Waals surface area contributed by atoms with Crippen molar-refractivity contribution in [3.63, 3.8) is 0 Å². The molecule has 0 spiro atoms. The van der Waals surface area contributed by atoms with E-state index in [9.17, 15) is 32.4 Å². The van der Waals surface area contributed by atoms with Crippen LogP contribution in [0.3, 0.4) is 0 Å². The average Bonchev–Trinajstić information content (AvgIpc) is 3.12. The van der Waals surface area contributed by atoms with Crippen molar-refractivity contribution < 1.29 is 31.8 Å². The highest BCUT2D eigenvalue weighted by atomic mass is 32.2. The molecule has 1 aliphatic rings. The van der Waals surface area contributed by atoms with Crippen LogP contribution in [-0.4, -0.2) is 59.7 Å². The minimum atomic E-state index is -3.27. The first-order valence-corrected chi connectivity index (χ1v) is 14.3. The van der Waals surface area contributed by atoms with Crippen LogP contribution in [0.2, 0.25) is 0 Å². The summed E-state index contributed by atoms with van der Waals surface area (Å²) in [4.78, 5) is 17.2. The number of hydrogen-bond donors (Lipinski definition) is 2. The molecule has 1 aliphatic carbocycles. The summed E-state index contributed by atoms with van der Waals surface area (Å²) in [5.41, 5.74) is 0.485. The molecule has 0 aliphatic heterocycles. The number of aliphatic hydroxyl groups excluding tert-OH is 1. The maximum Gasteiger partial charge on any atom is 0.387 e. The van der Waals surface area contributed by atoms with E-state index >= 15 is 0 Å². The number of sulfone groups is 1. The number of amides is 1. The zero-order chi connectivity index (χ0) is 28.4. The van der Waals surface area contributed by atoms with Gasteiger partial charge in [0.2, 0.25) is 0 Å². The van der Waals surface area contributed by atoms with Gasteiger partial charge in [0.05, 0.1) is 17.0 Å². The van der Waals surface area contributed by atoms with E-state index in [1.54, 1.807) is 19.1 Å². The molecule has 38 heavy (non-hydrogen) atoms. The lowest BCUT2D eigenvalue weighted by atomic mass is 9.86. The summed E-state index contributed by atoms with van der Waals surface area (Å²) in [5.74, 6) is -0.937. The molecule has 0 saturated heterocycles. The molecular formula is C26H34F2N4O5S. The van der Waals surface area contributed by atoms with Crippen LogP contribution in [0.15, 0.2) is 18.2 Å². The number of aliphatic hydroxyl groups is 1. The van der Waals surface area contributed by atoms with Gasteiger partial charge >= 0.3 is 6.61 Å². The first-order chi connectivity index (χ1) is 17.6. The minimum absolute atomic E-state index is 0.0640. The van der Waals surface area contributed by atoms with Crippen molar-refractivity contribution in [1.29, 1.82) is 5.26 Å². The summed E-state index contributed by atoms with van der Waals surface area (Å²) in [6, 6.07) is 6.77. The third-order valence-corrected chi connectivity index (χ3v) is 8.26. The van der Waals surface area contributed by atoms with E-state index in [0.29, 0.717) is 19.3 Å². The molecule has 0 bridgehead atoms. The third-order valence-electron chi connectivity index (χ3n) is 6.62. The number of benzene rings is 1. The second-order valence-corrected chi connectivity index (χ2v) is 13.3. The highest BCUT2D eigenvalue weighted by Crippen LogP contribution is 2.32. The van der Waals surface area contributed by atoms with Gasteiger partial charge in [-0.3, -0.25) is 9.36 Å². The van der Waals surface area contributed by atoms with E-state index < -0.39 is 33.7 Å². The smallest absolute Gasteiger partial charge is 0.387 e. The second-order valence-electron chi connectivity index (χ2n) is 11.0. The van der Waals surface area contributed by atoms with Crippen LogP contribution in [0.5, 0.6) is 5.75 Å². The average molecular weight is 553 g/mol. The summed E-state index contributed by atoms with van der Waals surface area (Å²) >= 11 is 0. The fraction of sp³-hybridized carbons (Fsp3) is 0.577. The summed E-state index contributed by atoms with van der Waals surface area (Å²) in [6.45, 7) is 4.56. The van der Waals surface area contributed by atoms with Crippen molar-refractivity contribution in [2.45, 2.75) is 71.3 Å². The topological polar surface area (TPSA) is 134 Å². The zero-order valence-electron chi connectivity index (χ0n) is 22.2. The lowest BCUT2D eigenvalue weighted by Crippen LogP contribution is -2.42. The van der Waals surface area contributed by atoms with Gasteiger partial charge in [0.25, 0.3) is 5.91 Å². The van der Waals surface area contributed by atoms with Gasteiger partial charge in [0, 0.05) is 18.7 Å². The van der Waals surface area contributed by atoms with E-state index in [2.05, 4.69) is 10.3 Å². The highest BCUT2D eigenvalue weighted by Gasteiger charge is 2.34. The molecule has 1 aromatic heterocycles. The summed E-state index contributed by atoms with van der Waals surface area (Å²) in [5, 5.41) is 22.4. The normalized spacial score (nSPS) is 20.3. The molecule has 1 saturated carbocycles. The number of nitriles is 1. The summed E-state index contributed by atoms with van der Waals surface area (Å²) in [6.07, 6.45) is 1.73. The molecule has 9 nitrogen and oxygen atoms in total. The Labute approximate surface area is 221 Å². The number of aromatic nitrogens is 2. The lowest BCUT2D eigenvalue weighted by molar-refractivity contribution is -0.0499. The molecule has 208 valence electrons. The number of alkyl halides is 2. The van der Waals surface area contributed by atoms with Crippen LogP contribution in [0.4, 0.5) is 8.78 Å². The molecule has 2 N–H and O–H groups in total. The van der Waals surface area contributed by atoms with Gasteiger partial charge in [-0.05, 0) is 55.7 Å². The molecule has 1 aromatic carbocycles. The van der Waals surface area contributed by atoms with Crippen LogP contribution >= 0.6 is 0 Å². The first-order valence-electron chi connectivity index (χ1n) is 12.3. The number of rotatable bonds is 8. The summed E-state index contributed by atoms with van der Waals surface area (Å²) < 4.78 is 56.2. The van der Waals surface area contributed by atoms with E-state index in [1.807, 2.05) is 26.8 Å².